The number of nitrogens with zero attached hydrogens (tertiary/aromatic N) is 2. The lowest BCUT2D eigenvalue weighted by molar-refractivity contribution is 0.108. The summed E-state index contributed by atoms with van der Waals surface area (Å²) in [6, 6.07) is 0.757. The molecular weight excluding hydrogens is 196 g/mol. The fourth-order valence-corrected chi connectivity index (χ4v) is 2.68. The normalized spacial score (nSPS) is 28.1. The van der Waals surface area contributed by atoms with Crippen LogP contribution in [0.1, 0.15) is 33.1 Å². The van der Waals surface area contributed by atoms with Crippen molar-refractivity contribution in [1.29, 1.82) is 0 Å². The van der Waals surface area contributed by atoms with Crippen LogP contribution in [0.2, 0.25) is 0 Å². The summed E-state index contributed by atoms with van der Waals surface area (Å²) in [5.41, 5.74) is 0. The molecule has 2 nitrogen and oxygen atoms in total. The SMILES string of the molecule is CC(C)CCN1CCN(C2C=CCC2)CC1. The fraction of sp³-hybridized carbons (Fsp3) is 0.857. The summed E-state index contributed by atoms with van der Waals surface area (Å²) in [4.78, 5) is 5.30. The maximum absolute atomic E-state index is 2.66. The molecule has 0 radical (unpaired) electrons. The van der Waals surface area contributed by atoms with Gasteiger partial charge in [-0.2, -0.15) is 0 Å². The maximum Gasteiger partial charge on any atom is 0.0282 e. The molecule has 0 aromatic heterocycles. The Kier molecular flexibility index (Phi) is 4.42. The van der Waals surface area contributed by atoms with Crippen LogP contribution in [0.25, 0.3) is 0 Å². The van der Waals surface area contributed by atoms with Crippen molar-refractivity contribution in [2.75, 3.05) is 32.7 Å². The molecule has 2 aliphatic rings. The highest BCUT2D eigenvalue weighted by molar-refractivity contribution is 5.02. The molecule has 0 N–H and O–H groups in total. The maximum atomic E-state index is 2.66. The largest absolute Gasteiger partial charge is 0.301 e. The zero-order chi connectivity index (χ0) is 11.4. The summed E-state index contributed by atoms with van der Waals surface area (Å²) < 4.78 is 0. The molecule has 1 aliphatic heterocycles. The van der Waals surface area contributed by atoms with Gasteiger partial charge < -0.3 is 4.90 Å². The predicted octanol–water partition coefficient (Wildman–Crippen LogP) is 2.37. The second-order valence-electron chi connectivity index (χ2n) is 5.63. The number of hydrogen-bond donors (Lipinski definition) is 0. The van der Waals surface area contributed by atoms with Gasteiger partial charge in [0.1, 0.15) is 0 Å². The second-order valence-corrected chi connectivity index (χ2v) is 5.63. The number of rotatable bonds is 4. The van der Waals surface area contributed by atoms with Gasteiger partial charge in [-0.1, -0.05) is 26.0 Å². The highest BCUT2D eigenvalue weighted by Gasteiger charge is 2.23. The summed E-state index contributed by atoms with van der Waals surface area (Å²) in [5.74, 6) is 0.843. The molecule has 0 aromatic carbocycles. The zero-order valence-electron chi connectivity index (χ0n) is 10.9. The standard InChI is InChI=1S/C14H26N2/c1-13(2)7-8-15-9-11-16(12-10-15)14-5-3-4-6-14/h3,5,13-14H,4,6-12H2,1-2H3. The zero-order valence-corrected chi connectivity index (χ0v) is 10.9. The summed E-state index contributed by atoms with van der Waals surface area (Å²) in [6.07, 6.45) is 8.74. The smallest absolute Gasteiger partial charge is 0.0282 e. The van der Waals surface area contributed by atoms with Crippen molar-refractivity contribution >= 4 is 0 Å². The van der Waals surface area contributed by atoms with Crippen LogP contribution >= 0.6 is 0 Å². The Bertz CT molecular complexity index is 227. The van der Waals surface area contributed by atoms with Crippen LogP contribution in [0, 0.1) is 5.92 Å². The molecule has 1 heterocycles. The molecule has 0 spiro atoms. The molecule has 1 fully saturated rings. The van der Waals surface area contributed by atoms with Crippen molar-refractivity contribution < 1.29 is 0 Å². The van der Waals surface area contributed by atoms with E-state index in [1.54, 1.807) is 0 Å². The van der Waals surface area contributed by atoms with E-state index in [1.165, 1.54) is 52.0 Å². The van der Waals surface area contributed by atoms with Gasteiger partial charge in [0.2, 0.25) is 0 Å². The number of allylic oxidation sites excluding steroid dienone is 1. The topological polar surface area (TPSA) is 6.48 Å². The first kappa shape index (κ1) is 12.1. The van der Waals surface area contributed by atoms with Gasteiger partial charge >= 0.3 is 0 Å². The molecular formula is C14H26N2. The lowest BCUT2D eigenvalue weighted by Gasteiger charge is -2.37. The molecule has 92 valence electrons. The first-order valence-corrected chi connectivity index (χ1v) is 6.89. The van der Waals surface area contributed by atoms with Gasteiger partial charge in [-0.05, 0) is 31.7 Å². The summed E-state index contributed by atoms with van der Waals surface area (Å²) in [7, 11) is 0. The van der Waals surface area contributed by atoms with Gasteiger partial charge in [-0.15, -0.1) is 0 Å². The lowest BCUT2D eigenvalue weighted by atomic mass is 10.1. The predicted molar refractivity (Wildman–Crippen MR) is 69.6 cm³/mol. The highest BCUT2D eigenvalue weighted by Crippen LogP contribution is 2.18. The minimum Gasteiger partial charge on any atom is -0.301 e. The minimum atomic E-state index is 0.757. The van der Waals surface area contributed by atoms with E-state index in [9.17, 15) is 0 Å². The number of piperazine rings is 1. The summed E-state index contributed by atoms with van der Waals surface area (Å²) in [5, 5.41) is 0. The van der Waals surface area contributed by atoms with Crippen molar-refractivity contribution in [2.45, 2.75) is 39.2 Å². The van der Waals surface area contributed by atoms with Crippen molar-refractivity contribution in [3.05, 3.63) is 12.2 Å². The molecule has 16 heavy (non-hydrogen) atoms. The molecule has 1 saturated heterocycles. The molecule has 1 unspecified atom stereocenters. The van der Waals surface area contributed by atoms with Gasteiger partial charge in [0.15, 0.2) is 0 Å². The van der Waals surface area contributed by atoms with Gasteiger partial charge in [-0.25, -0.2) is 0 Å². The third-order valence-corrected chi connectivity index (χ3v) is 3.89. The van der Waals surface area contributed by atoms with Crippen LogP contribution in [0.3, 0.4) is 0 Å². The van der Waals surface area contributed by atoms with Crippen molar-refractivity contribution in [2.24, 2.45) is 5.92 Å². The minimum absolute atomic E-state index is 0.757. The molecule has 0 amide bonds. The molecule has 0 bridgehead atoms. The van der Waals surface area contributed by atoms with Crippen molar-refractivity contribution in [1.82, 2.24) is 9.80 Å². The molecule has 0 aromatic rings. The van der Waals surface area contributed by atoms with E-state index in [0.29, 0.717) is 0 Å². The Morgan fingerprint density at radius 3 is 2.50 bits per heavy atom. The Morgan fingerprint density at radius 2 is 1.94 bits per heavy atom. The first-order valence-electron chi connectivity index (χ1n) is 6.89. The summed E-state index contributed by atoms with van der Waals surface area (Å²) in [6.45, 7) is 11.0. The van der Waals surface area contributed by atoms with Crippen molar-refractivity contribution in [3.63, 3.8) is 0 Å². The van der Waals surface area contributed by atoms with Crippen LogP contribution in [-0.2, 0) is 0 Å². The lowest BCUT2D eigenvalue weighted by Crippen LogP contribution is -2.49. The Morgan fingerprint density at radius 1 is 1.19 bits per heavy atom. The molecule has 1 aliphatic carbocycles. The van der Waals surface area contributed by atoms with Gasteiger partial charge in [0.25, 0.3) is 0 Å². The molecule has 2 rings (SSSR count). The Balaban J connectivity index is 1.68. The average Bonchev–Trinajstić information content (AvgIpc) is 2.80. The molecule has 0 saturated carbocycles. The van der Waals surface area contributed by atoms with Gasteiger partial charge in [-0.3, -0.25) is 4.90 Å². The Labute approximate surface area is 100 Å². The highest BCUT2D eigenvalue weighted by atomic mass is 15.3. The van der Waals surface area contributed by atoms with Crippen molar-refractivity contribution in [3.8, 4) is 0 Å². The molecule has 2 heteroatoms. The average molecular weight is 222 g/mol. The first-order chi connectivity index (χ1) is 7.75. The van der Waals surface area contributed by atoms with Gasteiger partial charge in [0.05, 0.1) is 0 Å². The summed E-state index contributed by atoms with van der Waals surface area (Å²) >= 11 is 0. The fourth-order valence-electron chi connectivity index (χ4n) is 2.68. The van der Waals surface area contributed by atoms with E-state index in [0.717, 1.165) is 12.0 Å². The van der Waals surface area contributed by atoms with E-state index >= 15 is 0 Å². The third kappa shape index (κ3) is 3.33. The van der Waals surface area contributed by atoms with E-state index in [-0.39, 0.29) is 0 Å². The number of hydrogen-bond acceptors (Lipinski definition) is 2. The van der Waals surface area contributed by atoms with Crippen LogP contribution < -0.4 is 0 Å². The van der Waals surface area contributed by atoms with E-state index in [1.807, 2.05) is 0 Å². The van der Waals surface area contributed by atoms with Crippen LogP contribution in [0.15, 0.2) is 12.2 Å². The van der Waals surface area contributed by atoms with E-state index in [4.69, 9.17) is 0 Å². The quantitative estimate of drug-likeness (QED) is 0.674. The second kappa shape index (κ2) is 5.83. The van der Waals surface area contributed by atoms with E-state index < -0.39 is 0 Å². The third-order valence-electron chi connectivity index (χ3n) is 3.89. The Hall–Kier alpha value is -0.340. The molecule has 1 atom stereocenters. The monoisotopic (exact) mass is 222 g/mol. The van der Waals surface area contributed by atoms with Crippen LogP contribution in [-0.4, -0.2) is 48.6 Å². The van der Waals surface area contributed by atoms with Crippen LogP contribution in [0.4, 0.5) is 0 Å². The van der Waals surface area contributed by atoms with Gasteiger partial charge in [0, 0.05) is 32.2 Å². The van der Waals surface area contributed by atoms with E-state index in [2.05, 4.69) is 35.8 Å². The van der Waals surface area contributed by atoms with Crippen LogP contribution in [0.5, 0.6) is 0 Å².